The molecule has 0 amide bonds. The minimum Gasteiger partial charge on any atom is -0.360 e. The van der Waals surface area contributed by atoms with Gasteiger partial charge in [-0.15, -0.1) is 11.6 Å². The summed E-state index contributed by atoms with van der Waals surface area (Å²) in [5, 5.41) is 3.41. The molecule has 0 aliphatic heterocycles. The smallest absolute Gasteiger partial charge is 0.144 e. The zero-order valence-corrected chi connectivity index (χ0v) is 9.93. The Labute approximate surface area is 105 Å². The average Bonchev–Trinajstić information content (AvgIpc) is 2.68. The fourth-order valence-electron chi connectivity index (χ4n) is 2.25. The first kappa shape index (κ1) is 10.5. The Kier molecular flexibility index (Phi) is 2.69. The molecule has 4 heteroatoms. The van der Waals surface area contributed by atoms with Crippen LogP contribution in [0.15, 0.2) is 42.9 Å². The minimum absolute atomic E-state index is 0.0643. The fourth-order valence-corrected chi connectivity index (χ4v) is 2.61. The summed E-state index contributed by atoms with van der Waals surface area (Å²) in [5.41, 5.74) is 2.58. The molecule has 0 bridgehead atoms. The molecule has 17 heavy (non-hydrogen) atoms. The fraction of sp³-hybridized carbons (Fsp3) is 0.231. The standard InChI is InChI=1S/C13H12ClN3/c14-11-7-9-3-1-2-4-10(9)13(11)17-12-8-15-5-6-16-12/h1-6,8,11,13H,7H2,(H,16,17). The van der Waals surface area contributed by atoms with Crippen molar-refractivity contribution in [3.8, 4) is 0 Å². The van der Waals surface area contributed by atoms with E-state index >= 15 is 0 Å². The van der Waals surface area contributed by atoms with Crippen molar-refractivity contribution in [3.63, 3.8) is 0 Å². The number of halogens is 1. The van der Waals surface area contributed by atoms with E-state index in [2.05, 4.69) is 27.4 Å². The maximum absolute atomic E-state index is 6.38. The summed E-state index contributed by atoms with van der Waals surface area (Å²) in [7, 11) is 0. The van der Waals surface area contributed by atoms with Crippen molar-refractivity contribution in [3.05, 3.63) is 54.0 Å². The van der Waals surface area contributed by atoms with Crippen molar-refractivity contribution >= 4 is 17.4 Å². The van der Waals surface area contributed by atoms with Gasteiger partial charge < -0.3 is 5.32 Å². The van der Waals surface area contributed by atoms with Gasteiger partial charge in [-0.3, -0.25) is 4.98 Å². The van der Waals surface area contributed by atoms with Gasteiger partial charge >= 0.3 is 0 Å². The lowest BCUT2D eigenvalue weighted by atomic mass is 10.1. The minimum atomic E-state index is 0.0643. The molecular weight excluding hydrogens is 234 g/mol. The van der Waals surface area contributed by atoms with Gasteiger partial charge in [0.05, 0.1) is 17.6 Å². The van der Waals surface area contributed by atoms with Gasteiger partial charge in [0.15, 0.2) is 0 Å². The van der Waals surface area contributed by atoms with Crippen LogP contribution in [0.25, 0.3) is 0 Å². The second kappa shape index (κ2) is 4.34. The molecule has 0 saturated carbocycles. The van der Waals surface area contributed by atoms with E-state index in [0.717, 1.165) is 12.2 Å². The zero-order chi connectivity index (χ0) is 11.7. The van der Waals surface area contributed by atoms with E-state index < -0.39 is 0 Å². The van der Waals surface area contributed by atoms with Crippen LogP contribution in [0.4, 0.5) is 5.82 Å². The highest BCUT2D eigenvalue weighted by molar-refractivity contribution is 6.21. The summed E-state index contributed by atoms with van der Waals surface area (Å²) in [6.07, 6.45) is 5.94. The number of hydrogen-bond donors (Lipinski definition) is 1. The summed E-state index contributed by atoms with van der Waals surface area (Å²) in [4.78, 5) is 8.26. The number of aromatic nitrogens is 2. The molecular formula is C13H12ClN3. The molecule has 0 radical (unpaired) electrons. The summed E-state index contributed by atoms with van der Waals surface area (Å²) in [5.74, 6) is 0.764. The van der Waals surface area contributed by atoms with E-state index in [4.69, 9.17) is 11.6 Å². The van der Waals surface area contributed by atoms with Crippen LogP contribution >= 0.6 is 11.6 Å². The van der Waals surface area contributed by atoms with Crippen LogP contribution < -0.4 is 5.32 Å². The third-order valence-electron chi connectivity index (χ3n) is 3.03. The number of anilines is 1. The highest BCUT2D eigenvalue weighted by Gasteiger charge is 2.30. The molecule has 0 spiro atoms. The number of nitrogens with one attached hydrogen (secondary N) is 1. The number of fused-ring (bicyclic) bond motifs is 1. The van der Waals surface area contributed by atoms with Crippen molar-refractivity contribution in [2.24, 2.45) is 0 Å². The number of alkyl halides is 1. The second-order valence-electron chi connectivity index (χ2n) is 4.13. The van der Waals surface area contributed by atoms with Gasteiger partial charge in [0.25, 0.3) is 0 Å². The van der Waals surface area contributed by atoms with Crippen LogP contribution in [0.2, 0.25) is 0 Å². The Hall–Kier alpha value is -1.61. The van der Waals surface area contributed by atoms with Gasteiger partial charge in [-0.05, 0) is 17.5 Å². The van der Waals surface area contributed by atoms with Gasteiger partial charge in [0.2, 0.25) is 0 Å². The number of benzene rings is 1. The topological polar surface area (TPSA) is 37.8 Å². The predicted octanol–water partition coefficient (Wildman–Crippen LogP) is 2.79. The Morgan fingerprint density at radius 1 is 1.24 bits per heavy atom. The van der Waals surface area contributed by atoms with Gasteiger partial charge in [-0.25, -0.2) is 4.98 Å². The van der Waals surface area contributed by atoms with Gasteiger partial charge in [0.1, 0.15) is 5.82 Å². The third kappa shape index (κ3) is 1.98. The second-order valence-corrected chi connectivity index (χ2v) is 4.69. The lowest BCUT2D eigenvalue weighted by molar-refractivity contribution is 0.765. The zero-order valence-electron chi connectivity index (χ0n) is 9.18. The quantitative estimate of drug-likeness (QED) is 0.827. The van der Waals surface area contributed by atoms with Crippen molar-refractivity contribution in [1.82, 2.24) is 9.97 Å². The molecule has 1 heterocycles. The number of nitrogens with zero attached hydrogens (tertiary/aromatic N) is 2. The summed E-state index contributed by atoms with van der Waals surface area (Å²) < 4.78 is 0. The Morgan fingerprint density at radius 3 is 2.94 bits per heavy atom. The van der Waals surface area contributed by atoms with Crippen molar-refractivity contribution in [1.29, 1.82) is 0 Å². The maximum Gasteiger partial charge on any atom is 0.144 e. The molecule has 1 aromatic heterocycles. The highest BCUT2D eigenvalue weighted by Crippen LogP contribution is 2.36. The third-order valence-corrected chi connectivity index (χ3v) is 3.44. The molecule has 0 saturated heterocycles. The average molecular weight is 246 g/mol. The molecule has 3 rings (SSSR count). The molecule has 1 aliphatic carbocycles. The lowest BCUT2D eigenvalue weighted by Gasteiger charge is -2.17. The van der Waals surface area contributed by atoms with Crippen LogP contribution in [-0.4, -0.2) is 15.3 Å². The largest absolute Gasteiger partial charge is 0.360 e. The van der Waals surface area contributed by atoms with Crippen LogP contribution in [0.1, 0.15) is 17.2 Å². The predicted molar refractivity (Wildman–Crippen MR) is 68.2 cm³/mol. The molecule has 2 unspecified atom stereocenters. The van der Waals surface area contributed by atoms with Crippen LogP contribution in [0.5, 0.6) is 0 Å². The monoisotopic (exact) mass is 245 g/mol. The van der Waals surface area contributed by atoms with Crippen LogP contribution in [-0.2, 0) is 6.42 Å². The summed E-state index contributed by atoms with van der Waals surface area (Å²) in [6, 6.07) is 8.45. The van der Waals surface area contributed by atoms with Crippen LogP contribution in [0.3, 0.4) is 0 Å². The van der Waals surface area contributed by atoms with Crippen molar-refractivity contribution < 1.29 is 0 Å². The van der Waals surface area contributed by atoms with E-state index in [1.54, 1.807) is 18.6 Å². The molecule has 1 aliphatic rings. The lowest BCUT2D eigenvalue weighted by Crippen LogP contribution is -2.17. The van der Waals surface area contributed by atoms with E-state index in [1.165, 1.54) is 11.1 Å². The van der Waals surface area contributed by atoms with Crippen molar-refractivity contribution in [2.75, 3.05) is 5.32 Å². The number of rotatable bonds is 2. The summed E-state index contributed by atoms with van der Waals surface area (Å²) in [6.45, 7) is 0. The first-order chi connectivity index (χ1) is 8.34. The Morgan fingerprint density at radius 2 is 2.12 bits per heavy atom. The molecule has 0 fully saturated rings. The Balaban J connectivity index is 1.89. The first-order valence-electron chi connectivity index (χ1n) is 5.59. The van der Waals surface area contributed by atoms with Crippen LogP contribution in [0, 0.1) is 0 Å². The number of hydrogen-bond acceptors (Lipinski definition) is 3. The van der Waals surface area contributed by atoms with E-state index in [0.29, 0.717) is 0 Å². The maximum atomic E-state index is 6.38. The highest BCUT2D eigenvalue weighted by atomic mass is 35.5. The molecule has 2 atom stereocenters. The first-order valence-corrected chi connectivity index (χ1v) is 6.02. The van der Waals surface area contributed by atoms with Gasteiger partial charge in [-0.2, -0.15) is 0 Å². The SMILES string of the molecule is ClC1Cc2ccccc2C1Nc1cnccn1. The molecule has 86 valence electrons. The normalized spacial score (nSPS) is 22.2. The van der Waals surface area contributed by atoms with Gasteiger partial charge in [0, 0.05) is 12.4 Å². The molecule has 1 N–H and O–H groups in total. The van der Waals surface area contributed by atoms with E-state index in [-0.39, 0.29) is 11.4 Å². The molecule has 1 aromatic carbocycles. The summed E-state index contributed by atoms with van der Waals surface area (Å²) >= 11 is 6.38. The van der Waals surface area contributed by atoms with Gasteiger partial charge in [-0.1, -0.05) is 24.3 Å². The molecule has 2 aromatic rings. The van der Waals surface area contributed by atoms with E-state index in [9.17, 15) is 0 Å². The van der Waals surface area contributed by atoms with E-state index in [1.807, 2.05) is 12.1 Å². The Bertz CT molecular complexity index is 515. The van der Waals surface area contributed by atoms with Crippen molar-refractivity contribution in [2.45, 2.75) is 17.8 Å². The molecule has 3 nitrogen and oxygen atoms in total.